The Labute approximate surface area is 89.5 Å². The first kappa shape index (κ1) is 11.4. The van der Waals surface area contributed by atoms with Crippen LogP contribution in [0.25, 0.3) is 0 Å². The van der Waals surface area contributed by atoms with Crippen LogP contribution in [-0.2, 0) is 0 Å². The highest BCUT2D eigenvalue weighted by molar-refractivity contribution is 9.10. The molecule has 0 aliphatic carbocycles. The van der Waals surface area contributed by atoms with Gasteiger partial charge in [0.2, 0.25) is 0 Å². The van der Waals surface area contributed by atoms with Crippen molar-refractivity contribution in [2.24, 2.45) is 5.73 Å². The summed E-state index contributed by atoms with van der Waals surface area (Å²) in [7, 11) is 0. The van der Waals surface area contributed by atoms with E-state index in [1.807, 2.05) is 0 Å². The molecule has 0 saturated carbocycles. The van der Waals surface area contributed by atoms with Crippen LogP contribution in [0.5, 0.6) is 5.75 Å². The molecule has 1 aromatic rings. The lowest BCUT2D eigenvalue weighted by atomic mass is 10.0. The largest absolute Gasteiger partial charge is 0.505 e. The van der Waals surface area contributed by atoms with Gasteiger partial charge in [-0.15, -0.1) is 0 Å². The van der Waals surface area contributed by atoms with Gasteiger partial charge in [0, 0.05) is 12.6 Å². The number of aliphatic hydroxyl groups excluding tert-OH is 1. The third kappa shape index (κ3) is 2.43. The van der Waals surface area contributed by atoms with Crippen molar-refractivity contribution >= 4 is 15.9 Å². The summed E-state index contributed by atoms with van der Waals surface area (Å²) in [6, 6.07) is 2.36. The Kier molecular flexibility index (Phi) is 3.86. The second kappa shape index (κ2) is 4.72. The summed E-state index contributed by atoms with van der Waals surface area (Å²) in [5, 5.41) is 17.8. The second-order valence-electron chi connectivity index (χ2n) is 2.95. The van der Waals surface area contributed by atoms with Crippen LogP contribution in [0.2, 0.25) is 0 Å². The summed E-state index contributed by atoms with van der Waals surface area (Å²) >= 11 is 2.96. The molecule has 1 atom stereocenters. The van der Waals surface area contributed by atoms with Gasteiger partial charge in [0.25, 0.3) is 0 Å². The topological polar surface area (TPSA) is 66.5 Å². The van der Waals surface area contributed by atoms with Crippen LogP contribution < -0.4 is 5.73 Å². The lowest BCUT2D eigenvalue weighted by Crippen LogP contribution is -2.12. The molecule has 4 N–H and O–H groups in total. The Balaban J connectivity index is 3.00. The Morgan fingerprint density at radius 2 is 2.14 bits per heavy atom. The molecular weight excluding hydrogens is 253 g/mol. The third-order valence-electron chi connectivity index (χ3n) is 1.90. The van der Waals surface area contributed by atoms with Crippen molar-refractivity contribution in [2.75, 3.05) is 6.61 Å². The number of nitrogens with two attached hydrogens (primary N) is 1. The number of halogens is 2. The van der Waals surface area contributed by atoms with Crippen molar-refractivity contribution in [1.29, 1.82) is 0 Å². The van der Waals surface area contributed by atoms with Crippen molar-refractivity contribution in [3.8, 4) is 5.75 Å². The molecule has 1 aromatic carbocycles. The van der Waals surface area contributed by atoms with Gasteiger partial charge in [-0.25, -0.2) is 4.39 Å². The molecule has 0 fully saturated rings. The van der Waals surface area contributed by atoms with E-state index in [0.717, 1.165) is 0 Å². The number of hydrogen-bond acceptors (Lipinski definition) is 3. The van der Waals surface area contributed by atoms with Gasteiger partial charge in [-0.2, -0.15) is 0 Å². The first-order valence-electron chi connectivity index (χ1n) is 4.10. The molecule has 0 bridgehead atoms. The molecule has 78 valence electrons. The molecule has 0 radical (unpaired) electrons. The Bertz CT molecular complexity index is 310. The fourth-order valence-electron chi connectivity index (χ4n) is 1.11. The van der Waals surface area contributed by atoms with Gasteiger partial charge in [-0.1, -0.05) is 0 Å². The minimum atomic E-state index is -0.704. The highest BCUT2D eigenvalue weighted by Gasteiger charge is 2.12. The summed E-state index contributed by atoms with van der Waals surface area (Å²) < 4.78 is 13.1. The normalized spacial score (nSPS) is 12.9. The Morgan fingerprint density at radius 3 is 2.64 bits per heavy atom. The molecule has 5 heteroatoms. The summed E-state index contributed by atoms with van der Waals surface area (Å²) in [6.45, 7) is -0.0447. The zero-order chi connectivity index (χ0) is 10.7. The Hall–Kier alpha value is -0.650. The van der Waals surface area contributed by atoms with Crippen LogP contribution in [0.3, 0.4) is 0 Å². The van der Waals surface area contributed by atoms with Gasteiger partial charge in [-0.3, -0.25) is 0 Å². The first-order valence-corrected chi connectivity index (χ1v) is 4.90. The molecule has 3 nitrogen and oxygen atoms in total. The first-order chi connectivity index (χ1) is 6.56. The predicted molar refractivity (Wildman–Crippen MR) is 54.4 cm³/mol. The monoisotopic (exact) mass is 263 g/mol. The molecule has 1 rings (SSSR count). The van der Waals surface area contributed by atoms with E-state index in [2.05, 4.69) is 15.9 Å². The molecule has 1 unspecified atom stereocenters. The molecule has 14 heavy (non-hydrogen) atoms. The number of hydrogen-bond donors (Lipinski definition) is 3. The van der Waals surface area contributed by atoms with Crippen LogP contribution >= 0.6 is 15.9 Å². The average molecular weight is 264 g/mol. The van der Waals surface area contributed by atoms with Gasteiger partial charge in [0.1, 0.15) is 0 Å². The third-order valence-corrected chi connectivity index (χ3v) is 2.48. The molecule has 0 aromatic heterocycles. The standard InChI is InChI=1S/C9H11BrFNO2/c10-6-3-5(7(12)1-2-13)4-8(14)9(6)11/h3-4,7,13-14H,1-2,12H2. The number of aromatic hydroxyl groups is 1. The van der Waals surface area contributed by atoms with E-state index in [0.29, 0.717) is 12.0 Å². The van der Waals surface area contributed by atoms with Gasteiger partial charge in [0.05, 0.1) is 4.47 Å². The van der Waals surface area contributed by atoms with Crippen molar-refractivity contribution < 1.29 is 14.6 Å². The highest BCUT2D eigenvalue weighted by Crippen LogP contribution is 2.28. The number of benzene rings is 1. The van der Waals surface area contributed by atoms with E-state index in [1.165, 1.54) is 12.1 Å². The summed E-state index contributed by atoms with van der Waals surface area (Å²) in [5.41, 5.74) is 6.27. The quantitative estimate of drug-likeness (QED) is 0.778. The van der Waals surface area contributed by atoms with Gasteiger partial charge >= 0.3 is 0 Å². The molecular formula is C9H11BrFNO2. The zero-order valence-electron chi connectivity index (χ0n) is 7.37. The summed E-state index contributed by atoms with van der Waals surface area (Å²) in [4.78, 5) is 0. The van der Waals surface area contributed by atoms with Crippen molar-refractivity contribution in [3.63, 3.8) is 0 Å². The fraction of sp³-hybridized carbons (Fsp3) is 0.333. The molecule has 0 aliphatic heterocycles. The van der Waals surface area contributed by atoms with Crippen LogP contribution in [0.15, 0.2) is 16.6 Å². The lowest BCUT2D eigenvalue weighted by Gasteiger charge is -2.11. The van der Waals surface area contributed by atoms with Crippen molar-refractivity contribution in [2.45, 2.75) is 12.5 Å². The molecule has 0 saturated heterocycles. The van der Waals surface area contributed by atoms with Crippen LogP contribution in [-0.4, -0.2) is 16.8 Å². The lowest BCUT2D eigenvalue weighted by molar-refractivity contribution is 0.276. The Morgan fingerprint density at radius 1 is 1.50 bits per heavy atom. The number of phenols is 1. The molecule has 0 spiro atoms. The van der Waals surface area contributed by atoms with Crippen LogP contribution in [0, 0.1) is 5.82 Å². The highest BCUT2D eigenvalue weighted by atomic mass is 79.9. The number of rotatable bonds is 3. The number of phenolic OH excluding ortho intramolecular Hbond substituents is 1. The van der Waals surface area contributed by atoms with Crippen LogP contribution in [0.4, 0.5) is 4.39 Å². The van der Waals surface area contributed by atoms with Gasteiger partial charge in [0.15, 0.2) is 11.6 Å². The van der Waals surface area contributed by atoms with E-state index >= 15 is 0 Å². The zero-order valence-corrected chi connectivity index (χ0v) is 8.96. The van der Waals surface area contributed by atoms with Crippen molar-refractivity contribution in [1.82, 2.24) is 0 Å². The van der Waals surface area contributed by atoms with E-state index in [4.69, 9.17) is 10.8 Å². The maximum absolute atomic E-state index is 13.0. The van der Waals surface area contributed by atoms with Gasteiger partial charge < -0.3 is 15.9 Å². The van der Waals surface area contributed by atoms with E-state index < -0.39 is 17.6 Å². The maximum Gasteiger partial charge on any atom is 0.178 e. The summed E-state index contributed by atoms with van der Waals surface area (Å²) in [6.07, 6.45) is 0.373. The minimum Gasteiger partial charge on any atom is -0.505 e. The van der Waals surface area contributed by atoms with Gasteiger partial charge in [-0.05, 0) is 40.0 Å². The second-order valence-corrected chi connectivity index (χ2v) is 3.81. The fourth-order valence-corrected chi connectivity index (χ4v) is 1.58. The maximum atomic E-state index is 13.0. The van der Waals surface area contributed by atoms with E-state index in [-0.39, 0.29) is 11.1 Å². The molecule has 0 aliphatic rings. The molecule has 0 heterocycles. The minimum absolute atomic E-state index is 0.0447. The smallest absolute Gasteiger partial charge is 0.178 e. The number of aliphatic hydroxyl groups is 1. The van der Waals surface area contributed by atoms with Crippen molar-refractivity contribution in [3.05, 3.63) is 28.0 Å². The van der Waals surface area contributed by atoms with E-state index in [1.54, 1.807) is 0 Å². The van der Waals surface area contributed by atoms with E-state index in [9.17, 15) is 9.50 Å². The predicted octanol–water partition coefficient (Wildman–Crippen LogP) is 1.68. The van der Waals surface area contributed by atoms with Crippen LogP contribution in [0.1, 0.15) is 18.0 Å². The average Bonchev–Trinajstić information content (AvgIpc) is 2.13. The SMILES string of the molecule is NC(CCO)c1cc(O)c(F)c(Br)c1. The molecule has 0 amide bonds. The summed E-state index contributed by atoms with van der Waals surface area (Å²) in [5.74, 6) is -1.15.